The van der Waals surface area contributed by atoms with Gasteiger partial charge in [-0.3, -0.25) is 4.79 Å². The fraction of sp³-hybridized carbons (Fsp3) is 0.533. The fourth-order valence-electron chi connectivity index (χ4n) is 2.70. The van der Waals surface area contributed by atoms with Gasteiger partial charge in [0.1, 0.15) is 0 Å². The number of halogens is 2. The van der Waals surface area contributed by atoms with Crippen LogP contribution >= 0.6 is 27.5 Å². The second-order valence-electron chi connectivity index (χ2n) is 5.16. The van der Waals surface area contributed by atoms with Crippen LogP contribution < -0.4 is 5.32 Å². The van der Waals surface area contributed by atoms with Crippen molar-refractivity contribution in [1.82, 2.24) is 10.2 Å². The molecule has 1 unspecified atom stereocenters. The summed E-state index contributed by atoms with van der Waals surface area (Å²) in [6, 6.07) is 5.69. The van der Waals surface area contributed by atoms with Gasteiger partial charge in [0.15, 0.2) is 0 Å². The van der Waals surface area contributed by atoms with E-state index in [1.807, 2.05) is 11.9 Å². The predicted molar refractivity (Wildman–Crippen MR) is 86.4 cm³/mol. The summed E-state index contributed by atoms with van der Waals surface area (Å²) in [6.45, 7) is 1.79. The molecule has 0 aromatic heterocycles. The molecule has 1 N–H and O–H groups in total. The van der Waals surface area contributed by atoms with Crippen LogP contribution in [-0.2, 0) is 0 Å². The number of nitrogens with one attached hydrogen (secondary N) is 1. The van der Waals surface area contributed by atoms with E-state index in [1.54, 1.807) is 18.2 Å². The lowest BCUT2D eigenvalue weighted by Gasteiger charge is -2.36. The molecule has 20 heavy (non-hydrogen) atoms. The van der Waals surface area contributed by atoms with Gasteiger partial charge in [0.2, 0.25) is 0 Å². The molecule has 1 heterocycles. The van der Waals surface area contributed by atoms with Gasteiger partial charge in [0.25, 0.3) is 5.91 Å². The van der Waals surface area contributed by atoms with Gasteiger partial charge in [-0.2, -0.15) is 0 Å². The lowest BCUT2D eigenvalue weighted by Crippen LogP contribution is -2.44. The van der Waals surface area contributed by atoms with Crippen molar-refractivity contribution < 1.29 is 4.79 Å². The Labute approximate surface area is 133 Å². The van der Waals surface area contributed by atoms with Gasteiger partial charge in [-0.05, 0) is 73.4 Å². The second-order valence-corrected chi connectivity index (χ2v) is 6.46. The zero-order valence-electron chi connectivity index (χ0n) is 11.7. The molecule has 1 atom stereocenters. The molecular formula is C15H20BrClN2O. The van der Waals surface area contributed by atoms with Crippen LogP contribution in [0.5, 0.6) is 0 Å². The van der Waals surface area contributed by atoms with E-state index < -0.39 is 0 Å². The standard InChI is InChI=1S/C15H20BrClN2O/c1-18-8-7-12-4-2-3-9-19(12)15(20)13-6-5-11(17)10-14(13)16/h5-6,10,12,18H,2-4,7-9H2,1H3. The normalized spacial score (nSPS) is 19.1. The minimum absolute atomic E-state index is 0.106. The first-order chi connectivity index (χ1) is 9.63. The molecule has 1 aromatic rings. The predicted octanol–water partition coefficient (Wildman–Crippen LogP) is 3.71. The zero-order valence-corrected chi connectivity index (χ0v) is 14.0. The lowest BCUT2D eigenvalue weighted by atomic mass is 9.98. The first kappa shape index (κ1) is 15.8. The van der Waals surface area contributed by atoms with Crippen LogP contribution in [0.15, 0.2) is 22.7 Å². The molecule has 0 saturated carbocycles. The number of rotatable bonds is 4. The van der Waals surface area contributed by atoms with E-state index in [0.29, 0.717) is 16.6 Å². The Morgan fingerprint density at radius 3 is 3.00 bits per heavy atom. The molecule has 1 aliphatic heterocycles. The third kappa shape index (κ3) is 3.74. The summed E-state index contributed by atoms with van der Waals surface area (Å²) in [7, 11) is 1.95. The number of likely N-dealkylation sites (tertiary alicyclic amines) is 1. The highest BCUT2D eigenvalue weighted by atomic mass is 79.9. The van der Waals surface area contributed by atoms with Gasteiger partial charge in [-0.15, -0.1) is 0 Å². The lowest BCUT2D eigenvalue weighted by molar-refractivity contribution is 0.0601. The Balaban J connectivity index is 2.16. The summed E-state index contributed by atoms with van der Waals surface area (Å²) in [6.07, 6.45) is 4.40. The number of piperidine rings is 1. The van der Waals surface area contributed by atoms with Crippen molar-refractivity contribution in [2.24, 2.45) is 0 Å². The number of carbonyl (C=O) groups is 1. The van der Waals surface area contributed by atoms with Gasteiger partial charge in [-0.25, -0.2) is 0 Å². The molecule has 5 heteroatoms. The molecule has 3 nitrogen and oxygen atoms in total. The number of hydrogen-bond acceptors (Lipinski definition) is 2. The molecule has 0 aliphatic carbocycles. The number of carbonyl (C=O) groups excluding carboxylic acids is 1. The van der Waals surface area contributed by atoms with Crippen LogP contribution in [0.1, 0.15) is 36.0 Å². The van der Waals surface area contributed by atoms with E-state index in [4.69, 9.17) is 11.6 Å². The van der Waals surface area contributed by atoms with Crippen molar-refractivity contribution in [3.63, 3.8) is 0 Å². The van der Waals surface area contributed by atoms with Crippen LogP contribution in [0.2, 0.25) is 5.02 Å². The molecule has 0 radical (unpaired) electrons. The van der Waals surface area contributed by atoms with E-state index in [1.165, 1.54) is 6.42 Å². The molecule has 1 amide bonds. The van der Waals surface area contributed by atoms with E-state index in [0.717, 1.165) is 36.8 Å². The molecular weight excluding hydrogens is 340 g/mol. The Hall–Kier alpha value is -0.580. The zero-order chi connectivity index (χ0) is 14.5. The van der Waals surface area contributed by atoms with E-state index in [-0.39, 0.29) is 5.91 Å². The summed E-state index contributed by atoms with van der Waals surface area (Å²) in [5, 5.41) is 3.81. The van der Waals surface area contributed by atoms with Crippen molar-refractivity contribution in [3.05, 3.63) is 33.3 Å². The van der Waals surface area contributed by atoms with Crippen LogP contribution in [0, 0.1) is 0 Å². The largest absolute Gasteiger partial charge is 0.336 e. The van der Waals surface area contributed by atoms with Gasteiger partial charge in [-0.1, -0.05) is 11.6 Å². The third-order valence-electron chi connectivity index (χ3n) is 3.78. The fourth-order valence-corrected chi connectivity index (χ4v) is 3.55. The van der Waals surface area contributed by atoms with Gasteiger partial charge in [0, 0.05) is 22.1 Å². The minimum Gasteiger partial charge on any atom is -0.336 e. The number of benzene rings is 1. The quantitative estimate of drug-likeness (QED) is 0.889. The maximum absolute atomic E-state index is 12.7. The van der Waals surface area contributed by atoms with Crippen LogP contribution in [0.3, 0.4) is 0 Å². The molecule has 1 aliphatic rings. The molecule has 0 spiro atoms. The molecule has 1 aromatic carbocycles. The van der Waals surface area contributed by atoms with Gasteiger partial charge in [0.05, 0.1) is 5.56 Å². The molecule has 0 bridgehead atoms. The molecule has 110 valence electrons. The Morgan fingerprint density at radius 1 is 1.50 bits per heavy atom. The summed E-state index contributed by atoms with van der Waals surface area (Å²) >= 11 is 9.38. The Kier molecular flexibility index (Phi) is 5.87. The first-order valence-corrected chi connectivity index (χ1v) is 8.21. The van der Waals surface area contributed by atoms with Gasteiger partial charge >= 0.3 is 0 Å². The highest BCUT2D eigenvalue weighted by Gasteiger charge is 2.27. The topological polar surface area (TPSA) is 32.3 Å². The second kappa shape index (κ2) is 7.43. The first-order valence-electron chi connectivity index (χ1n) is 7.04. The molecule has 2 rings (SSSR count). The van der Waals surface area contributed by atoms with Crippen molar-refractivity contribution >= 4 is 33.4 Å². The Morgan fingerprint density at radius 2 is 2.30 bits per heavy atom. The number of hydrogen-bond donors (Lipinski definition) is 1. The van der Waals surface area contributed by atoms with Crippen molar-refractivity contribution in [1.29, 1.82) is 0 Å². The SMILES string of the molecule is CNCCC1CCCCN1C(=O)c1ccc(Cl)cc1Br. The van der Waals surface area contributed by atoms with Crippen molar-refractivity contribution in [2.45, 2.75) is 31.7 Å². The van der Waals surface area contributed by atoms with Gasteiger partial charge < -0.3 is 10.2 Å². The van der Waals surface area contributed by atoms with Crippen LogP contribution in [0.4, 0.5) is 0 Å². The summed E-state index contributed by atoms with van der Waals surface area (Å²) in [5.41, 5.74) is 0.700. The monoisotopic (exact) mass is 358 g/mol. The van der Waals surface area contributed by atoms with Crippen molar-refractivity contribution in [2.75, 3.05) is 20.1 Å². The van der Waals surface area contributed by atoms with Crippen LogP contribution in [-0.4, -0.2) is 37.0 Å². The smallest absolute Gasteiger partial charge is 0.255 e. The highest BCUT2D eigenvalue weighted by Crippen LogP contribution is 2.27. The average molecular weight is 360 g/mol. The molecule has 1 saturated heterocycles. The Bertz CT molecular complexity index is 481. The number of nitrogens with zero attached hydrogens (tertiary/aromatic N) is 1. The molecule has 1 fully saturated rings. The minimum atomic E-state index is 0.106. The van der Waals surface area contributed by atoms with E-state index >= 15 is 0 Å². The van der Waals surface area contributed by atoms with Crippen LogP contribution in [0.25, 0.3) is 0 Å². The maximum Gasteiger partial charge on any atom is 0.255 e. The summed E-state index contributed by atoms with van der Waals surface area (Å²) in [4.78, 5) is 14.8. The maximum atomic E-state index is 12.7. The highest BCUT2D eigenvalue weighted by molar-refractivity contribution is 9.10. The van der Waals surface area contributed by atoms with E-state index in [9.17, 15) is 4.79 Å². The number of amides is 1. The van der Waals surface area contributed by atoms with Crippen molar-refractivity contribution in [3.8, 4) is 0 Å². The summed E-state index contributed by atoms with van der Waals surface area (Å²) in [5.74, 6) is 0.106. The van der Waals surface area contributed by atoms with E-state index in [2.05, 4.69) is 21.2 Å². The average Bonchev–Trinajstić information content (AvgIpc) is 2.45. The third-order valence-corrected chi connectivity index (χ3v) is 4.67. The summed E-state index contributed by atoms with van der Waals surface area (Å²) < 4.78 is 0.771.